The summed E-state index contributed by atoms with van der Waals surface area (Å²) in [6.07, 6.45) is 2.21. The molecule has 0 aliphatic rings. The van der Waals surface area contributed by atoms with Gasteiger partial charge in [-0.1, -0.05) is 11.8 Å². The quantitative estimate of drug-likeness (QED) is 0.642. The van der Waals surface area contributed by atoms with E-state index >= 15 is 0 Å². The lowest BCUT2D eigenvalue weighted by Crippen LogP contribution is -2.04. The Labute approximate surface area is 123 Å². The van der Waals surface area contributed by atoms with Crippen molar-refractivity contribution in [3.8, 4) is 17.6 Å². The third-order valence-corrected chi connectivity index (χ3v) is 3.00. The highest BCUT2D eigenvalue weighted by Gasteiger charge is 2.03. The van der Waals surface area contributed by atoms with Gasteiger partial charge in [-0.3, -0.25) is 4.68 Å². The number of benzene rings is 1. The van der Waals surface area contributed by atoms with E-state index in [9.17, 15) is 0 Å². The fourth-order valence-electron chi connectivity index (χ4n) is 1.67. The van der Waals surface area contributed by atoms with E-state index in [-0.39, 0.29) is 0 Å². The monoisotopic (exact) mass is 289 g/mol. The van der Waals surface area contributed by atoms with Crippen LogP contribution >= 0.6 is 11.6 Å². The van der Waals surface area contributed by atoms with Gasteiger partial charge in [0, 0.05) is 24.9 Å². The van der Waals surface area contributed by atoms with E-state index in [0.29, 0.717) is 18.9 Å². The van der Waals surface area contributed by atoms with Crippen molar-refractivity contribution in [3.05, 3.63) is 41.5 Å². The maximum Gasteiger partial charge on any atom is 0.164 e. The summed E-state index contributed by atoms with van der Waals surface area (Å²) in [6, 6.07) is 5.84. The van der Waals surface area contributed by atoms with E-state index in [4.69, 9.17) is 16.3 Å². The highest BCUT2D eigenvalue weighted by Crippen LogP contribution is 2.17. The van der Waals surface area contributed by atoms with Crippen LogP contribution in [0.4, 0.5) is 0 Å². The third-order valence-electron chi connectivity index (χ3n) is 2.81. The predicted molar refractivity (Wildman–Crippen MR) is 78.7 cm³/mol. The van der Waals surface area contributed by atoms with Crippen LogP contribution in [0, 0.1) is 18.8 Å². The molecule has 4 nitrogen and oxygen atoms in total. The summed E-state index contributed by atoms with van der Waals surface area (Å²) in [5.41, 5.74) is 2.09. The highest BCUT2D eigenvalue weighted by atomic mass is 35.5. The molecule has 0 saturated heterocycles. The number of rotatable bonds is 4. The molecule has 1 aromatic carbocycles. The first-order chi connectivity index (χ1) is 9.70. The minimum atomic E-state index is 0.396. The smallest absolute Gasteiger partial charge is 0.164 e. The van der Waals surface area contributed by atoms with E-state index in [1.54, 1.807) is 4.68 Å². The standard InChI is InChI=1S/C15H16ClN3O/c1-12-9-14(7-6-13(12)5-3-4-8-16)20-10-15-17-11-18-19(15)2/h6-7,9,11H,4,8,10H2,1-2H3. The molecule has 0 bridgehead atoms. The van der Waals surface area contributed by atoms with E-state index in [1.165, 1.54) is 6.33 Å². The molecular formula is C15H16ClN3O. The Morgan fingerprint density at radius 2 is 2.25 bits per heavy atom. The largest absolute Gasteiger partial charge is 0.486 e. The molecule has 1 heterocycles. The summed E-state index contributed by atoms with van der Waals surface area (Å²) in [5, 5.41) is 4.00. The molecule has 1 aromatic heterocycles. The van der Waals surface area contributed by atoms with Crippen LogP contribution in [0.5, 0.6) is 5.75 Å². The average molecular weight is 290 g/mol. The maximum absolute atomic E-state index is 5.70. The SMILES string of the molecule is Cc1cc(OCc2ncnn2C)ccc1C#CCCCl. The van der Waals surface area contributed by atoms with Gasteiger partial charge in [-0.25, -0.2) is 4.98 Å². The molecule has 0 amide bonds. The van der Waals surface area contributed by atoms with Crippen molar-refractivity contribution < 1.29 is 4.74 Å². The molecule has 2 rings (SSSR count). The van der Waals surface area contributed by atoms with Crippen molar-refractivity contribution in [3.63, 3.8) is 0 Å². The molecule has 20 heavy (non-hydrogen) atoms. The van der Waals surface area contributed by atoms with Crippen LogP contribution in [0.15, 0.2) is 24.5 Å². The minimum absolute atomic E-state index is 0.396. The van der Waals surface area contributed by atoms with Crippen molar-refractivity contribution in [1.82, 2.24) is 14.8 Å². The van der Waals surface area contributed by atoms with Crippen LogP contribution in [0.2, 0.25) is 0 Å². The molecule has 0 aliphatic heterocycles. The van der Waals surface area contributed by atoms with Gasteiger partial charge in [0.15, 0.2) is 5.82 Å². The molecule has 104 valence electrons. The molecule has 5 heteroatoms. The van der Waals surface area contributed by atoms with Crippen LogP contribution < -0.4 is 4.74 Å². The number of nitrogens with zero attached hydrogens (tertiary/aromatic N) is 3. The third kappa shape index (κ3) is 3.75. The van der Waals surface area contributed by atoms with Crippen molar-refractivity contribution in [2.24, 2.45) is 7.05 Å². The van der Waals surface area contributed by atoms with E-state index < -0.39 is 0 Å². The normalized spacial score (nSPS) is 9.95. The van der Waals surface area contributed by atoms with Gasteiger partial charge in [0.05, 0.1) is 0 Å². The predicted octanol–water partition coefficient (Wildman–Crippen LogP) is 2.68. The van der Waals surface area contributed by atoms with Crippen molar-refractivity contribution in [1.29, 1.82) is 0 Å². The Balaban J connectivity index is 2.02. The Morgan fingerprint density at radius 1 is 1.40 bits per heavy atom. The Kier molecular flexibility index (Phi) is 5.03. The summed E-state index contributed by atoms with van der Waals surface area (Å²) < 4.78 is 7.39. The van der Waals surface area contributed by atoms with Gasteiger partial charge in [0.1, 0.15) is 18.7 Å². The Hall–Kier alpha value is -1.99. The number of aryl methyl sites for hydroxylation is 2. The first kappa shape index (κ1) is 14.4. The second-order valence-electron chi connectivity index (χ2n) is 4.31. The number of hydrogen-bond acceptors (Lipinski definition) is 3. The molecule has 0 saturated carbocycles. The van der Waals surface area contributed by atoms with Crippen molar-refractivity contribution in [2.75, 3.05) is 5.88 Å². The van der Waals surface area contributed by atoms with Crippen LogP contribution in [0.3, 0.4) is 0 Å². The fraction of sp³-hybridized carbons (Fsp3) is 0.333. The fourth-order valence-corrected chi connectivity index (χ4v) is 1.76. The van der Waals surface area contributed by atoms with Gasteiger partial charge in [-0.15, -0.1) is 11.6 Å². The summed E-state index contributed by atoms with van der Waals surface area (Å²) in [4.78, 5) is 4.11. The molecule has 0 spiro atoms. The van der Waals surface area contributed by atoms with Crippen molar-refractivity contribution in [2.45, 2.75) is 20.0 Å². The zero-order chi connectivity index (χ0) is 14.4. The first-order valence-electron chi connectivity index (χ1n) is 6.32. The van der Waals surface area contributed by atoms with Gasteiger partial charge >= 0.3 is 0 Å². The lowest BCUT2D eigenvalue weighted by molar-refractivity contribution is 0.289. The zero-order valence-electron chi connectivity index (χ0n) is 11.6. The lowest BCUT2D eigenvalue weighted by atomic mass is 10.1. The number of alkyl halides is 1. The van der Waals surface area contributed by atoms with Crippen LogP contribution in [0.1, 0.15) is 23.4 Å². The molecule has 0 fully saturated rings. The molecule has 0 atom stereocenters. The summed E-state index contributed by atoms with van der Waals surface area (Å²) in [5.74, 6) is 8.28. The Bertz CT molecular complexity index is 640. The maximum atomic E-state index is 5.70. The van der Waals surface area contributed by atoms with Gasteiger partial charge in [0.25, 0.3) is 0 Å². The van der Waals surface area contributed by atoms with E-state index in [2.05, 4.69) is 21.9 Å². The molecular weight excluding hydrogens is 274 g/mol. The van der Waals surface area contributed by atoms with E-state index in [0.717, 1.165) is 22.7 Å². The van der Waals surface area contributed by atoms with Crippen LogP contribution in [-0.2, 0) is 13.7 Å². The minimum Gasteiger partial charge on any atom is -0.486 e. The lowest BCUT2D eigenvalue weighted by Gasteiger charge is -2.07. The number of aromatic nitrogens is 3. The number of ether oxygens (including phenoxy) is 1. The molecule has 0 N–H and O–H groups in total. The second kappa shape index (κ2) is 6.97. The first-order valence-corrected chi connectivity index (χ1v) is 6.85. The average Bonchev–Trinajstić information content (AvgIpc) is 2.84. The number of hydrogen-bond donors (Lipinski definition) is 0. The van der Waals surface area contributed by atoms with Crippen LogP contribution in [0.25, 0.3) is 0 Å². The number of halogens is 1. The topological polar surface area (TPSA) is 39.9 Å². The van der Waals surface area contributed by atoms with Crippen molar-refractivity contribution >= 4 is 11.6 Å². The van der Waals surface area contributed by atoms with E-state index in [1.807, 2.05) is 32.2 Å². The molecule has 2 aromatic rings. The van der Waals surface area contributed by atoms with Gasteiger partial charge in [0.2, 0.25) is 0 Å². The molecule has 0 unspecified atom stereocenters. The summed E-state index contributed by atoms with van der Waals surface area (Å²) >= 11 is 5.60. The summed E-state index contributed by atoms with van der Waals surface area (Å²) in [6.45, 7) is 2.41. The summed E-state index contributed by atoms with van der Waals surface area (Å²) in [7, 11) is 1.84. The highest BCUT2D eigenvalue weighted by molar-refractivity contribution is 6.18. The Morgan fingerprint density at radius 3 is 2.90 bits per heavy atom. The zero-order valence-corrected chi connectivity index (χ0v) is 12.3. The van der Waals surface area contributed by atoms with Gasteiger partial charge < -0.3 is 4.74 Å². The van der Waals surface area contributed by atoms with Crippen LogP contribution in [-0.4, -0.2) is 20.6 Å². The molecule has 0 aliphatic carbocycles. The molecule has 0 radical (unpaired) electrons. The van der Waals surface area contributed by atoms with Gasteiger partial charge in [-0.2, -0.15) is 5.10 Å². The second-order valence-corrected chi connectivity index (χ2v) is 4.68. The van der Waals surface area contributed by atoms with Gasteiger partial charge in [-0.05, 0) is 30.7 Å².